The third kappa shape index (κ3) is 5.30. The lowest BCUT2D eigenvalue weighted by Gasteiger charge is -2.25. The first-order valence-electron chi connectivity index (χ1n) is 10.8. The van der Waals surface area contributed by atoms with Crippen molar-refractivity contribution in [3.8, 4) is 0 Å². The van der Waals surface area contributed by atoms with E-state index in [9.17, 15) is 4.79 Å². The number of rotatable bonds is 8. The van der Waals surface area contributed by atoms with Crippen LogP contribution >= 0.6 is 11.3 Å². The van der Waals surface area contributed by atoms with Crippen molar-refractivity contribution in [1.82, 2.24) is 9.88 Å². The molecule has 0 radical (unpaired) electrons. The largest absolute Gasteiger partial charge is 0.324 e. The zero-order valence-electron chi connectivity index (χ0n) is 17.7. The van der Waals surface area contributed by atoms with Gasteiger partial charge in [0.2, 0.25) is 0 Å². The number of fused-ring (bicyclic) bond motifs is 1. The molecule has 0 spiro atoms. The van der Waals surface area contributed by atoms with Crippen molar-refractivity contribution in [3.05, 3.63) is 96.1 Å². The van der Waals surface area contributed by atoms with Crippen LogP contribution in [0.1, 0.15) is 36.8 Å². The first-order valence-corrected chi connectivity index (χ1v) is 11.6. The number of hydrogen-bond donors (Lipinski definition) is 1. The standard InChI is InChI=1S/C26H27N3OS/c1-2-18-29(26(30)28-25-27-23-15-9-10-16-24(23)31-25)19-17-22(20-11-5-3-6-12-20)21-13-7-4-8-14-21/h3-16,22H,2,17-19H2,1H3,(H,27,28,30). The predicted molar refractivity (Wildman–Crippen MR) is 130 cm³/mol. The van der Waals surface area contributed by atoms with E-state index in [4.69, 9.17) is 0 Å². The van der Waals surface area contributed by atoms with E-state index in [-0.39, 0.29) is 11.9 Å². The quantitative estimate of drug-likeness (QED) is 0.336. The van der Waals surface area contributed by atoms with Gasteiger partial charge in [0.25, 0.3) is 0 Å². The Balaban J connectivity index is 1.48. The molecule has 1 aromatic heterocycles. The van der Waals surface area contributed by atoms with E-state index in [1.807, 2.05) is 41.3 Å². The van der Waals surface area contributed by atoms with E-state index in [0.29, 0.717) is 18.2 Å². The summed E-state index contributed by atoms with van der Waals surface area (Å²) in [7, 11) is 0. The Morgan fingerprint density at radius 2 is 1.52 bits per heavy atom. The van der Waals surface area contributed by atoms with E-state index in [1.165, 1.54) is 22.5 Å². The van der Waals surface area contributed by atoms with Gasteiger partial charge in [-0.3, -0.25) is 5.32 Å². The number of nitrogens with one attached hydrogen (secondary N) is 1. The molecule has 4 nitrogen and oxygen atoms in total. The van der Waals surface area contributed by atoms with Crippen LogP contribution in [0.3, 0.4) is 0 Å². The Hall–Kier alpha value is -3.18. The third-order valence-electron chi connectivity index (χ3n) is 5.38. The first-order chi connectivity index (χ1) is 15.2. The van der Waals surface area contributed by atoms with Crippen molar-refractivity contribution in [1.29, 1.82) is 0 Å². The van der Waals surface area contributed by atoms with Crippen LogP contribution < -0.4 is 5.32 Å². The Labute approximate surface area is 187 Å². The molecule has 2 amide bonds. The number of amides is 2. The number of carbonyl (C=O) groups is 1. The number of aromatic nitrogens is 1. The maximum absolute atomic E-state index is 13.0. The number of nitrogens with zero attached hydrogens (tertiary/aromatic N) is 2. The van der Waals surface area contributed by atoms with Gasteiger partial charge in [-0.2, -0.15) is 0 Å². The topological polar surface area (TPSA) is 45.2 Å². The van der Waals surface area contributed by atoms with Crippen LogP contribution in [0.4, 0.5) is 9.93 Å². The molecule has 4 rings (SSSR count). The van der Waals surface area contributed by atoms with Gasteiger partial charge in [0.05, 0.1) is 10.2 Å². The van der Waals surface area contributed by atoms with Gasteiger partial charge in [0, 0.05) is 19.0 Å². The molecular formula is C26H27N3OS. The second-order valence-corrected chi connectivity index (χ2v) is 8.60. The van der Waals surface area contributed by atoms with Crippen LogP contribution in [-0.4, -0.2) is 29.0 Å². The van der Waals surface area contributed by atoms with E-state index >= 15 is 0 Å². The molecule has 0 bridgehead atoms. The summed E-state index contributed by atoms with van der Waals surface area (Å²) in [5.74, 6) is 0.247. The highest BCUT2D eigenvalue weighted by atomic mass is 32.1. The second-order valence-electron chi connectivity index (χ2n) is 7.57. The SMILES string of the molecule is CCCN(CCC(c1ccccc1)c1ccccc1)C(=O)Nc1nc2ccccc2s1. The normalized spacial score (nSPS) is 11.0. The van der Waals surface area contributed by atoms with Crippen LogP contribution in [0.15, 0.2) is 84.9 Å². The lowest BCUT2D eigenvalue weighted by molar-refractivity contribution is 0.210. The number of thiazole rings is 1. The molecule has 1 N–H and O–H groups in total. The van der Waals surface area contributed by atoms with Gasteiger partial charge >= 0.3 is 6.03 Å². The summed E-state index contributed by atoms with van der Waals surface area (Å²) in [4.78, 5) is 19.5. The van der Waals surface area contributed by atoms with Crippen molar-refractivity contribution < 1.29 is 4.79 Å². The molecule has 0 saturated heterocycles. The van der Waals surface area contributed by atoms with Gasteiger partial charge in [-0.25, -0.2) is 9.78 Å². The maximum Gasteiger partial charge on any atom is 0.323 e. The Morgan fingerprint density at radius 3 is 2.13 bits per heavy atom. The lowest BCUT2D eigenvalue weighted by atomic mass is 9.88. The van der Waals surface area contributed by atoms with Crippen LogP contribution in [0.25, 0.3) is 10.2 Å². The smallest absolute Gasteiger partial charge is 0.323 e. The highest BCUT2D eigenvalue weighted by Crippen LogP contribution is 2.29. The van der Waals surface area contributed by atoms with Crippen LogP contribution in [0.5, 0.6) is 0 Å². The van der Waals surface area contributed by atoms with Gasteiger partial charge in [-0.05, 0) is 36.1 Å². The number of benzene rings is 3. The molecule has 0 aliphatic carbocycles. The van der Waals surface area contributed by atoms with E-state index in [0.717, 1.165) is 23.1 Å². The second kappa shape index (κ2) is 10.2. The Kier molecular flexibility index (Phi) is 6.95. The van der Waals surface area contributed by atoms with Crippen molar-refractivity contribution in [3.63, 3.8) is 0 Å². The highest BCUT2D eigenvalue weighted by molar-refractivity contribution is 7.22. The molecule has 0 saturated carbocycles. The fourth-order valence-electron chi connectivity index (χ4n) is 3.86. The molecule has 0 aliphatic rings. The molecule has 0 aliphatic heterocycles. The predicted octanol–water partition coefficient (Wildman–Crippen LogP) is 6.76. The van der Waals surface area contributed by atoms with Gasteiger partial charge in [0.15, 0.2) is 5.13 Å². The van der Waals surface area contributed by atoms with E-state index in [2.05, 4.69) is 65.8 Å². The first kappa shape index (κ1) is 21.1. The summed E-state index contributed by atoms with van der Waals surface area (Å²) in [5.41, 5.74) is 3.46. The van der Waals surface area contributed by atoms with Crippen molar-refractivity contribution in [2.75, 3.05) is 18.4 Å². The molecule has 1 heterocycles. The summed E-state index contributed by atoms with van der Waals surface area (Å²) >= 11 is 1.51. The number of urea groups is 1. The van der Waals surface area contributed by atoms with Gasteiger partial charge in [-0.15, -0.1) is 0 Å². The molecule has 0 fully saturated rings. The number of hydrogen-bond acceptors (Lipinski definition) is 3. The summed E-state index contributed by atoms with van der Waals surface area (Å²) in [6.07, 6.45) is 1.77. The molecule has 158 valence electrons. The zero-order chi connectivity index (χ0) is 21.5. The minimum Gasteiger partial charge on any atom is -0.324 e. The van der Waals surface area contributed by atoms with Crippen LogP contribution in [-0.2, 0) is 0 Å². The number of para-hydroxylation sites is 1. The van der Waals surface area contributed by atoms with Crippen LogP contribution in [0.2, 0.25) is 0 Å². The summed E-state index contributed by atoms with van der Waals surface area (Å²) < 4.78 is 1.08. The summed E-state index contributed by atoms with van der Waals surface area (Å²) in [6, 6.07) is 28.9. The van der Waals surface area contributed by atoms with Crippen LogP contribution in [0, 0.1) is 0 Å². The zero-order valence-corrected chi connectivity index (χ0v) is 18.5. The van der Waals surface area contributed by atoms with Crippen molar-refractivity contribution in [2.24, 2.45) is 0 Å². The molecule has 0 atom stereocenters. The highest BCUT2D eigenvalue weighted by Gasteiger charge is 2.19. The molecule has 5 heteroatoms. The monoisotopic (exact) mass is 429 g/mol. The number of carbonyl (C=O) groups excluding carboxylic acids is 1. The molecule has 3 aromatic carbocycles. The third-order valence-corrected chi connectivity index (χ3v) is 6.33. The molecule has 31 heavy (non-hydrogen) atoms. The molecule has 4 aromatic rings. The summed E-state index contributed by atoms with van der Waals surface area (Å²) in [5, 5.41) is 3.66. The average Bonchev–Trinajstić information content (AvgIpc) is 3.22. The van der Waals surface area contributed by atoms with E-state index in [1.54, 1.807) is 0 Å². The average molecular weight is 430 g/mol. The number of anilines is 1. The maximum atomic E-state index is 13.0. The lowest BCUT2D eigenvalue weighted by Crippen LogP contribution is -2.37. The van der Waals surface area contributed by atoms with E-state index < -0.39 is 0 Å². The Bertz CT molecular complexity index is 1040. The molecule has 0 unspecified atom stereocenters. The fraction of sp³-hybridized carbons (Fsp3) is 0.231. The fourth-order valence-corrected chi connectivity index (χ4v) is 4.72. The van der Waals surface area contributed by atoms with Gasteiger partial charge in [0.1, 0.15) is 0 Å². The minimum absolute atomic E-state index is 0.0826. The summed E-state index contributed by atoms with van der Waals surface area (Å²) in [6.45, 7) is 3.50. The Morgan fingerprint density at radius 1 is 0.903 bits per heavy atom. The molecular weight excluding hydrogens is 402 g/mol. The minimum atomic E-state index is -0.0826. The van der Waals surface area contributed by atoms with Crippen molar-refractivity contribution in [2.45, 2.75) is 25.7 Å². The van der Waals surface area contributed by atoms with Gasteiger partial charge < -0.3 is 4.90 Å². The van der Waals surface area contributed by atoms with Gasteiger partial charge in [-0.1, -0.05) is 91.1 Å². The van der Waals surface area contributed by atoms with Crippen molar-refractivity contribution >= 4 is 32.7 Å².